The van der Waals surface area contributed by atoms with Gasteiger partial charge >= 0.3 is 11.9 Å². The highest BCUT2D eigenvalue weighted by molar-refractivity contribution is 5.87. The van der Waals surface area contributed by atoms with Gasteiger partial charge in [0.1, 0.15) is 18.3 Å². The molecule has 274 valence electrons. The lowest BCUT2D eigenvalue weighted by Crippen LogP contribution is -2.60. The summed E-state index contributed by atoms with van der Waals surface area (Å²) in [6.07, 6.45) is 5.79. The van der Waals surface area contributed by atoms with Gasteiger partial charge < -0.3 is 38.6 Å². The molecule has 10 heteroatoms. The predicted molar refractivity (Wildman–Crippen MR) is 184 cm³/mol. The molecule has 1 fully saturated rings. The van der Waals surface area contributed by atoms with Crippen molar-refractivity contribution in [3.8, 4) is 0 Å². The molecule has 0 aromatic rings. The number of cyclic esters (lactones) is 1. The van der Waals surface area contributed by atoms with Gasteiger partial charge in [0, 0.05) is 51.2 Å². The fourth-order valence-electron chi connectivity index (χ4n) is 7.18. The van der Waals surface area contributed by atoms with Crippen LogP contribution in [-0.4, -0.2) is 85.9 Å². The molecule has 2 heterocycles. The highest BCUT2D eigenvalue weighted by Crippen LogP contribution is 2.44. The van der Waals surface area contributed by atoms with Crippen LogP contribution in [0.15, 0.2) is 47.3 Å². The van der Waals surface area contributed by atoms with E-state index in [9.17, 15) is 19.8 Å². The summed E-state index contributed by atoms with van der Waals surface area (Å²) in [5, 5.41) is 23.0. The van der Waals surface area contributed by atoms with Crippen LogP contribution in [-0.2, 0) is 38.0 Å². The van der Waals surface area contributed by atoms with E-state index in [1.165, 1.54) is 28.3 Å². The van der Waals surface area contributed by atoms with Crippen molar-refractivity contribution in [3.05, 3.63) is 47.3 Å². The zero-order valence-corrected chi connectivity index (χ0v) is 31.4. The third-order valence-electron chi connectivity index (χ3n) is 10.1. The van der Waals surface area contributed by atoms with Crippen LogP contribution in [0.3, 0.4) is 0 Å². The second-order valence-corrected chi connectivity index (χ2v) is 14.3. The van der Waals surface area contributed by atoms with Crippen LogP contribution >= 0.6 is 0 Å². The number of carbonyl (C=O) groups is 2. The molecule has 0 amide bonds. The van der Waals surface area contributed by atoms with Crippen molar-refractivity contribution in [3.63, 3.8) is 0 Å². The van der Waals surface area contributed by atoms with E-state index in [1.807, 2.05) is 73.6 Å². The fraction of sp³-hybridized carbons (Fsp3) is 0.737. The minimum absolute atomic E-state index is 0.00564. The van der Waals surface area contributed by atoms with E-state index in [0.717, 1.165) is 11.1 Å². The smallest absolute Gasteiger partial charge is 0.373 e. The van der Waals surface area contributed by atoms with Crippen molar-refractivity contribution >= 4 is 11.9 Å². The van der Waals surface area contributed by atoms with Crippen molar-refractivity contribution in [1.82, 2.24) is 0 Å². The summed E-state index contributed by atoms with van der Waals surface area (Å²) in [6, 6.07) is 0. The highest BCUT2D eigenvalue weighted by Gasteiger charge is 2.54. The van der Waals surface area contributed by atoms with Crippen LogP contribution in [0.4, 0.5) is 0 Å². The minimum Gasteiger partial charge on any atom is -0.490 e. The Labute approximate surface area is 288 Å². The topological polar surface area (TPSA) is 130 Å². The Morgan fingerprint density at radius 2 is 1.71 bits per heavy atom. The van der Waals surface area contributed by atoms with Gasteiger partial charge in [0.2, 0.25) is 5.76 Å². The van der Waals surface area contributed by atoms with Gasteiger partial charge in [0.25, 0.3) is 0 Å². The maximum atomic E-state index is 13.7. The average Bonchev–Trinajstić information content (AvgIpc) is 3.03. The zero-order chi connectivity index (χ0) is 36.5. The van der Waals surface area contributed by atoms with E-state index in [0.29, 0.717) is 6.42 Å². The molecule has 2 N–H and O–H groups in total. The first kappa shape index (κ1) is 41.7. The molecule has 2 aliphatic rings. The number of esters is 2. The highest BCUT2D eigenvalue weighted by atomic mass is 16.7. The Hall–Kier alpha value is -2.50. The molecule has 0 spiro atoms. The zero-order valence-electron chi connectivity index (χ0n) is 31.4. The number of hydrogen-bond acceptors (Lipinski definition) is 10. The summed E-state index contributed by atoms with van der Waals surface area (Å²) in [6.45, 7) is 18.9. The molecule has 10 nitrogen and oxygen atoms in total. The quantitative estimate of drug-likeness (QED) is 0.284. The summed E-state index contributed by atoms with van der Waals surface area (Å²) in [4.78, 5) is 25.7. The Bertz CT molecular complexity index is 1190. The Balaban J connectivity index is 2.59. The summed E-state index contributed by atoms with van der Waals surface area (Å²) >= 11 is 0. The van der Waals surface area contributed by atoms with Gasteiger partial charge in [-0.15, -0.1) is 0 Å². The second kappa shape index (κ2) is 18.5. The lowest BCUT2D eigenvalue weighted by molar-refractivity contribution is -0.339. The van der Waals surface area contributed by atoms with Gasteiger partial charge in [-0.2, -0.15) is 0 Å². The number of aliphatic hydroxyl groups is 2. The largest absolute Gasteiger partial charge is 0.490 e. The number of carbonyl (C=O) groups excluding carboxylic acids is 2. The molecular formula is C38H62O10. The number of ether oxygens (including phenoxy) is 6. The predicted octanol–water partition coefficient (Wildman–Crippen LogP) is 5.92. The molecule has 0 aliphatic carbocycles. The van der Waals surface area contributed by atoms with E-state index in [1.54, 1.807) is 19.1 Å². The number of methoxy groups -OCH3 is 3. The average molecular weight is 679 g/mol. The van der Waals surface area contributed by atoms with Crippen molar-refractivity contribution in [1.29, 1.82) is 0 Å². The summed E-state index contributed by atoms with van der Waals surface area (Å²) < 4.78 is 35.9. The van der Waals surface area contributed by atoms with Crippen LogP contribution in [0.5, 0.6) is 0 Å². The maximum Gasteiger partial charge on any atom is 0.373 e. The normalized spacial score (nSPS) is 38.6. The molecule has 2 aliphatic heterocycles. The number of rotatable bonds is 9. The molecule has 0 saturated carbocycles. The number of hydrogen-bond donors (Lipinski definition) is 2. The Morgan fingerprint density at radius 3 is 2.25 bits per heavy atom. The third kappa shape index (κ3) is 10.5. The first-order valence-corrected chi connectivity index (χ1v) is 17.2. The van der Waals surface area contributed by atoms with E-state index in [-0.39, 0.29) is 42.0 Å². The molecule has 0 bridgehead atoms. The van der Waals surface area contributed by atoms with E-state index in [2.05, 4.69) is 0 Å². The molecule has 1 saturated heterocycles. The van der Waals surface area contributed by atoms with E-state index < -0.39 is 60.1 Å². The van der Waals surface area contributed by atoms with Crippen LogP contribution < -0.4 is 0 Å². The monoisotopic (exact) mass is 678 g/mol. The van der Waals surface area contributed by atoms with Gasteiger partial charge in [-0.3, -0.25) is 4.79 Å². The van der Waals surface area contributed by atoms with Crippen molar-refractivity contribution in [2.24, 2.45) is 35.5 Å². The number of allylic oxidation sites excluding steroid dienone is 5. The molecule has 12 unspecified atom stereocenters. The van der Waals surface area contributed by atoms with Crippen molar-refractivity contribution in [2.75, 3.05) is 21.3 Å². The molecule has 0 aromatic heterocycles. The van der Waals surface area contributed by atoms with E-state index >= 15 is 0 Å². The summed E-state index contributed by atoms with van der Waals surface area (Å²) in [5.74, 6) is -3.98. The molecule has 2 rings (SSSR count). The standard InChI is InChI=1S/C38H62O10/c1-21(2)35-26(7)32(46-29(10)39)20-38(45-13,48-35)28(9)34(41)27(8)36-30(43-11)16-14-15-22(3)17-24(5)33(40)25(6)18-23(4)19-31(44-12)37(42)47-36/h14-16,18-19,21,24-28,30,32-36,40-41H,17,20H2,1-13H3/b16-14-,22-15+,23-18+,31-19+. The van der Waals surface area contributed by atoms with Crippen molar-refractivity contribution < 1.29 is 48.2 Å². The molecule has 0 aromatic carbocycles. The number of aliphatic hydroxyl groups excluding tert-OH is 2. The van der Waals surface area contributed by atoms with Gasteiger partial charge in [0.05, 0.1) is 25.4 Å². The first-order valence-electron chi connectivity index (χ1n) is 17.2. The first-order chi connectivity index (χ1) is 22.4. The van der Waals surface area contributed by atoms with Crippen LogP contribution in [0.1, 0.15) is 82.1 Å². The van der Waals surface area contributed by atoms with Gasteiger partial charge in [-0.05, 0) is 38.2 Å². The summed E-state index contributed by atoms with van der Waals surface area (Å²) in [7, 11) is 4.44. The molecule has 48 heavy (non-hydrogen) atoms. The third-order valence-corrected chi connectivity index (χ3v) is 10.1. The van der Waals surface area contributed by atoms with Gasteiger partial charge in [-0.1, -0.05) is 83.9 Å². The van der Waals surface area contributed by atoms with Crippen LogP contribution in [0.25, 0.3) is 0 Å². The maximum absolute atomic E-state index is 13.7. The molecule has 0 radical (unpaired) electrons. The van der Waals surface area contributed by atoms with E-state index in [4.69, 9.17) is 28.4 Å². The van der Waals surface area contributed by atoms with Gasteiger partial charge in [0.15, 0.2) is 5.79 Å². The Morgan fingerprint density at radius 1 is 1.06 bits per heavy atom. The lowest BCUT2D eigenvalue weighted by atomic mass is 9.76. The van der Waals surface area contributed by atoms with Gasteiger partial charge in [-0.25, -0.2) is 4.79 Å². The van der Waals surface area contributed by atoms with Crippen LogP contribution in [0.2, 0.25) is 0 Å². The second-order valence-electron chi connectivity index (χ2n) is 14.3. The van der Waals surface area contributed by atoms with Crippen LogP contribution in [0, 0.1) is 35.5 Å². The summed E-state index contributed by atoms with van der Waals surface area (Å²) in [5.41, 5.74) is 1.80. The van der Waals surface area contributed by atoms with Crippen molar-refractivity contribution in [2.45, 2.75) is 124 Å². The Kier molecular flexibility index (Phi) is 16.0. The fourth-order valence-corrected chi connectivity index (χ4v) is 7.18. The SMILES string of the molecule is CO/C1=C/C(C)=C/C(C)C(O)C(C)C/C(C)=C/C=C\C(OC)C(C(C)C(O)C(C)C2(OC)CC(OC(C)=O)C(C)C(C(C)C)O2)OC1=O. The molecule has 12 atom stereocenters. The molecular weight excluding hydrogens is 616 g/mol. The lowest BCUT2D eigenvalue weighted by Gasteiger charge is -2.51. The minimum atomic E-state index is -1.30.